The van der Waals surface area contributed by atoms with E-state index in [9.17, 15) is 9.90 Å². The van der Waals surface area contributed by atoms with Crippen molar-refractivity contribution in [1.82, 2.24) is 10.1 Å². The molecule has 0 radical (unpaired) electrons. The van der Waals surface area contributed by atoms with Crippen LogP contribution in [0.5, 0.6) is 0 Å². The van der Waals surface area contributed by atoms with E-state index in [2.05, 4.69) is 5.16 Å². The van der Waals surface area contributed by atoms with Gasteiger partial charge in [-0.2, -0.15) is 0 Å². The third kappa shape index (κ3) is 3.16. The maximum atomic E-state index is 13.1. The number of carbonyl (C=O) groups is 1. The third-order valence-corrected chi connectivity index (χ3v) is 4.16. The number of hydrogen-bond acceptors (Lipinski definition) is 4. The summed E-state index contributed by atoms with van der Waals surface area (Å²) in [6.07, 6.45) is 0.654. The zero-order valence-corrected chi connectivity index (χ0v) is 13.6. The number of aromatic nitrogens is 1. The number of fused-ring (bicyclic) bond motifs is 1. The Hall–Kier alpha value is -2.66. The van der Waals surface area contributed by atoms with Crippen molar-refractivity contribution < 1.29 is 14.4 Å². The van der Waals surface area contributed by atoms with Gasteiger partial charge in [-0.1, -0.05) is 54.5 Å². The first-order chi connectivity index (χ1) is 11.7. The van der Waals surface area contributed by atoms with E-state index in [1.54, 1.807) is 11.0 Å². The van der Waals surface area contributed by atoms with Gasteiger partial charge < -0.3 is 14.5 Å². The van der Waals surface area contributed by atoms with Crippen LogP contribution in [0.15, 0.2) is 59.1 Å². The lowest BCUT2D eigenvalue weighted by molar-refractivity contribution is 0.0526. The second-order valence-electron chi connectivity index (χ2n) is 5.69. The van der Waals surface area contributed by atoms with Gasteiger partial charge in [0.2, 0.25) is 5.76 Å². The van der Waals surface area contributed by atoms with Crippen molar-refractivity contribution in [1.29, 1.82) is 0 Å². The van der Waals surface area contributed by atoms with Crippen LogP contribution >= 0.6 is 0 Å². The van der Waals surface area contributed by atoms with Crippen molar-refractivity contribution in [2.45, 2.75) is 25.9 Å². The summed E-state index contributed by atoms with van der Waals surface area (Å²) in [6.45, 7) is 2.26. The lowest BCUT2D eigenvalue weighted by atomic mass is 10.1. The standard InChI is InChI=1S/C19H20N2O3/c1-2-15(13-22)21(12-14-8-4-3-5-9-14)19(23)18-16-10-6-7-11-17(16)20-24-18/h3-11,15,22H,2,12-13H2,1H3/t15-/m0/s1. The Labute approximate surface area is 140 Å². The highest BCUT2D eigenvalue weighted by Gasteiger charge is 2.27. The second-order valence-corrected chi connectivity index (χ2v) is 5.69. The monoisotopic (exact) mass is 324 g/mol. The van der Waals surface area contributed by atoms with E-state index in [0.29, 0.717) is 23.9 Å². The number of nitrogens with zero attached hydrogens (tertiary/aromatic N) is 2. The molecule has 1 N–H and O–H groups in total. The maximum absolute atomic E-state index is 13.1. The van der Waals surface area contributed by atoms with Gasteiger partial charge in [0.1, 0.15) is 5.52 Å². The number of benzene rings is 2. The van der Waals surface area contributed by atoms with E-state index in [1.165, 1.54) is 0 Å². The Morgan fingerprint density at radius 3 is 2.58 bits per heavy atom. The van der Waals surface area contributed by atoms with E-state index >= 15 is 0 Å². The van der Waals surface area contributed by atoms with Gasteiger partial charge in [0.15, 0.2) is 0 Å². The minimum atomic E-state index is -0.276. The van der Waals surface area contributed by atoms with E-state index in [1.807, 2.05) is 55.5 Å². The van der Waals surface area contributed by atoms with Crippen molar-refractivity contribution in [3.05, 3.63) is 65.9 Å². The van der Waals surface area contributed by atoms with Crippen LogP contribution < -0.4 is 0 Å². The van der Waals surface area contributed by atoms with Gasteiger partial charge >= 0.3 is 0 Å². The fourth-order valence-corrected chi connectivity index (χ4v) is 2.77. The van der Waals surface area contributed by atoms with Crippen molar-refractivity contribution in [2.75, 3.05) is 6.61 Å². The molecule has 0 unspecified atom stereocenters. The predicted octanol–water partition coefficient (Wildman–Crippen LogP) is 3.24. The van der Waals surface area contributed by atoms with Crippen molar-refractivity contribution >= 4 is 16.8 Å². The Morgan fingerprint density at radius 2 is 1.88 bits per heavy atom. The molecule has 1 atom stereocenters. The molecule has 0 aliphatic rings. The highest BCUT2D eigenvalue weighted by Crippen LogP contribution is 2.22. The van der Waals surface area contributed by atoms with Gasteiger partial charge in [-0.25, -0.2) is 0 Å². The van der Waals surface area contributed by atoms with Gasteiger partial charge in [0, 0.05) is 6.54 Å². The van der Waals surface area contributed by atoms with Crippen LogP contribution in [0.4, 0.5) is 0 Å². The average molecular weight is 324 g/mol. The summed E-state index contributed by atoms with van der Waals surface area (Å²) in [7, 11) is 0. The van der Waals surface area contributed by atoms with Crippen LogP contribution in [-0.4, -0.2) is 33.7 Å². The Bertz CT molecular complexity index is 810. The van der Waals surface area contributed by atoms with Crippen LogP contribution in [-0.2, 0) is 6.54 Å². The number of carbonyl (C=O) groups excluding carboxylic acids is 1. The fraction of sp³-hybridized carbons (Fsp3) is 0.263. The first-order valence-electron chi connectivity index (χ1n) is 8.04. The molecular weight excluding hydrogens is 304 g/mol. The van der Waals surface area contributed by atoms with Crippen LogP contribution in [0.3, 0.4) is 0 Å². The normalized spacial score (nSPS) is 12.2. The zero-order chi connectivity index (χ0) is 16.9. The molecule has 1 heterocycles. The molecule has 0 saturated heterocycles. The summed E-state index contributed by atoms with van der Waals surface area (Å²) in [5, 5.41) is 14.3. The Balaban J connectivity index is 1.96. The molecule has 0 spiro atoms. The van der Waals surface area contributed by atoms with Gasteiger partial charge in [-0.05, 0) is 24.1 Å². The summed E-state index contributed by atoms with van der Waals surface area (Å²) >= 11 is 0. The smallest absolute Gasteiger partial charge is 0.293 e. The molecular formula is C19H20N2O3. The second kappa shape index (κ2) is 7.27. The molecule has 2 aromatic carbocycles. The van der Waals surface area contributed by atoms with E-state index in [0.717, 1.165) is 5.56 Å². The average Bonchev–Trinajstić information content (AvgIpc) is 3.06. The zero-order valence-electron chi connectivity index (χ0n) is 13.6. The molecule has 0 aliphatic heterocycles. The number of hydrogen-bond donors (Lipinski definition) is 1. The summed E-state index contributed by atoms with van der Waals surface area (Å²) in [4.78, 5) is 14.7. The molecule has 124 valence electrons. The van der Waals surface area contributed by atoms with Gasteiger partial charge in [-0.15, -0.1) is 0 Å². The molecule has 1 aromatic heterocycles. The molecule has 0 aliphatic carbocycles. The summed E-state index contributed by atoms with van der Waals surface area (Å²) in [6, 6.07) is 16.8. The minimum Gasteiger partial charge on any atom is -0.394 e. The minimum absolute atomic E-state index is 0.0961. The van der Waals surface area contributed by atoms with E-state index in [4.69, 9.17) is 4.52 Å². The van der Waals surface area contributed by atoms with Gasteiger partial charge in [-0.3, -0.25) is 4.79 Å². The number of rotatable bonds is 6. The quantitative estimate of drug-likeness (QED) is 0.756. The third-order valence-electron chi connectivity index (χ3n) is 4.16. The Kier molecular flexibility index (Phi) is 4.91. The van der Waals surface area contributed by atoms with Crippen molar-refractivity contribution in [2.24, 2.45) is 0 Å². The molecule has 3 aromatic rings. The number of aliphatic hydroxyl groups is 1. The molecule has 1 amide bonds. The SMILES string of the molecule is CC[C@@H](CO)N(Cc1ccccc1)C(=O)c1onc2ccccc12. The summed E-state index contributed by atoms with van der Waals surface area (Å²) in [5.41, 5.74) is 1.65. The topological polar surface area (TPSA) is 66.6 Å². The fourth-order valence-electron chi connectivity index (χ4n) is 2.77. The molecule has 5 heteroatoms. The molecule has 5 nitrogen and oxygen atoms in total. The van der Waals surface area contributed by atoms with Crippen LogP contribution in [0.2, 0.25) is 0 Å². The highest BCUT2D eigenvalue weighted by atomic mass is 16.5. The maximum Gasteiger partial charge on any atom is 0.293 e. The molecule has 0 fully saturated rings. The van der Waals surface area contributed by atoms with Gasteiger partial charge in [0.25, 0.3) is 5.91 Å². The lowest BCUT2D eigenvalue weighted by Gasteiger charge is -2.29. The van der Waals surface area contributed by atoms with Crippen molar-refractivity contribution in [3.63, 3.8) is 0 Å². The molecule has 3 rings (SSSR count). The van der Waals surface area contributed by atoms with Crippen LogP contribution in [0.1, 0.15) is 29.5 Å². The number of aliphatic hydroxyl groups excluding tert-OH is 1. The van der Waals surface area contributed by atoms with Crippen LogP contribution in [0, 0.1) is 0 Å². The van der Waals surface area contributed by atoms with Gasteiger partial charge in [0.05, 0.1) is 18.0 Å². The van der Waals surface area contributed by atoms with E-state index in [-0.39, 0.29) is 24.3 Å². The molecule has 0 saturated carbocycles. The first-order valence-corrected chi connectivity index (χ1v) is 8.04. The molecule has 24 heavy (non-hydrogen) atoms. The molecule has 0 bridgehead atoms. The Morgan fingerprint density at radius 1 is 1.17 bits per heavy atom. The largest absolute Gasteiger partial charge is 0.394 e. The van der Waals surface area contributed by atoms with Crippen molar-refractivity contribution in [3.8, 4) is 0 Å². The number of amides is 1. The lowest BCUT2D eigenvalue weighted by Crippen LogP contribution is -2.41. The highest BCUT2D eigenvalue weighted by molar-refractivity contribution is 6.03. The predicted molar refractivity (Wildman–Crippen MR) is 91.5 cm³/mol. The summed E-state index contributed by atoms with van der Waals surface area (Å²) < 4.78 is 5.31. The first kappa shape index (κ1) is 16.2. The van der Waals surface area contributed by atoms with Crippen LogP contribution in [0.25, 0.3) is 10.9 Å². The summed E-state index contributed by atoms with van der Waals surface area (Å²) in [5.74, 6) is -0.0399. The van der Waals surface area contributed by atoms with E-state index < -0.39 is 0 Å².